The highest BCUT2D eigenvalue weighted by molar-refractivity contribution is 5.94. The van der Waals surface area contributed by atoms with Gasteiger partial charge in [0.15, 0.2) is 0 Å². The van der Waals surface area contributed by atoms with E-state index in [1.54, 1.807) is 0 Å². The van der Waals surface area contributed by atoms with Gasteiger partial charge in [0.2, 0.25) is 0 Å². The highest BCUT2D eigenvalue weighted by atomic mass is 16.5. The maximum Gasteiger partial charge on any atom is 0.253 e. The molecule has 3 rings (SSSR count). The van der Waals surface area contributed by atoms with E-state index < -0.39 is 0 Å². The van der Waals surface area contributed by atoms with Crippen LogP contribution in [0.1, 0.15) is 28.8 Å². The van der Waals surface area contributed by atoms with Crippen LogP contribution in [0.25, 0.3) is 0 Å². The topological polar surface area (TPSA) is 55.6 Å². The largest absolute Gasteiger partial charge is 0.489 e. The van der Waals surface area contributed by atoms with Gasteiger partial charge in [-0.1, -0.05) is 30.3 Å². The molecule has 0 spiro atoms. The molecule has 2 N–H and O–H groups in total. The summed E-state index contributed by atoms with van der Waals surface area (Å²) in [5.74, 6) is 0.935. The number of nitrogens with zero attached hydrogens (tertiary/aromatic N) is 1. The molecule has 0 aliphatic carbocycles. The molecule has 0 aromatic heterocycles. The molecular formula is C19H22N2O2. The summed E-state index contributed by atoms with van der Waals surface area (Å²) >= 11 is 0. The van der Waals surface area contributed by atoms with E-state index in [0.29, 0.717) is 6.61 Å². The predicted molar refractivity (Wildman–Crippen MR) is 90.3 cm³/mol. The molecule has 2 aromatic carbocycles. The standard InChI is InChI=1S/C19H22N2O2/c20-17-10-12-21(13-11-17)19(22)16-8-6-15(7-9-16)14-23-18-4-2-1-3-5-18/h1-9,17H,10-14,20H2. The average Bonchev–Trinajstić information content (AvgIpc) is 2.61. The van der Waals surface area contributed by atoms with E-state index in [9.17, 15) is 4.79 Å². The van der Waals surface area contributed by atoms with Gasteiger partial charge in [-0.15, -0.1) is 0 Å². The van der Waals surface area contributed by atoms with E-state index in [1.165, 1.54) is 0 Å². The quantitative estimate of drug-likeness (QED) is 0.945. The Morgan fingerprint density at radius 1 is 1.04 bits per heavy atom. The number of carbonyl (C=O) groups is 1. The van der Waals surface area contributed by atoms with E-state index in [1.807, 2.05) is 59.5 Å². The molecule has 0 saturated carbocycles. The molecule has 1 aliphatic rings. The van der Waals surface area contributed by atoms with Gasteiger partial charge in [0.25, 0.3) is 5.91 Å². The van der Waals surface area contributed by atoms with Crippen molar-refractivity contribution in [2.75, 3.05) is 13.1 Å². The van der Waals surface area contributed by atoms with Crippen molar-refractivity contribution in [3.8, 4) is 5.75 Å². The normalized spacial score (nSPS) is 15.4. The number of hydrogen-bond donors (Lipinski definition) is 1. The zero-order valence-corrected chi connectivity index (χ0v) is 13.2. The van der Waals surface area contributed by atoms with Crippen LogP contribution in [0.5, 0.6) is 5.75 Å². The van der Waals surface area contributed by atoms with Gasteiger partial charge in [0.05, 0.1) is 0 Å². The number of benzene rings is 2. The fourth-order valence-corrected chi connectivity index (χ4v) is 2.71. The van der Waals surface area contributed by atoms with Gasteiger partial charge >= 0.3 is 0 Å². The maximum atomic E-state index is 12.5. The van der Waals surface area contributed by atoms with E-state index >= 15 is 0 Å². The highest BCUT2D eigenvalue weighted by Gasteiger charge is 2.21. The third kappa shape index (κ3) is 4.11. The molecule has 0 unspecified atom stereocenters. The van der Waals surface area contributed by atoms with E-state index in [2.05, 4.69) is 0 Å². The van der Waals surface area contributed by atoms with Gasteiger partial charge < -0.3 is 15.4 Å². The molecule has 4 nitrogen and oxygen atoms in total. The lowest BCUT2D eigenvalue weighted by Crippen LogP contribution is -2.42. The summed E-state index contributed by atoms with van der Waals surface area (Å²) in [7, 11) is 0. The number of carbonyl (C=O) groups excluding carboxylic acids is 1. The first kappa shape index (κ1) is 15.6. The highest BCUT2D eigenvalue weighted by Crippen LogP contribution is 2.15. The van der Waals surface area contributed by atoms with Crippen LogP contribution in [0.3, 0.4) is 0 Å². The molecule has 120 valence electrons. The number of para-hydroxylation sites is 1. The van der Waals surface area contributed by atoms with Crippen LogP contribution >= 0.6 is 0 Å². The van der Waals surface area contributed by atoms with Gasteiger partial charge in [-0.05, 0) is 42.7 Å². The van der Waals surface area contributed by atoms with Crippen molar-refractivity contribution < 1.29 is 9.53 Å². The Balaban J connectivity index is 1.57. The summed E-state index contributed by atoms with van der Waals surface area (Å²) in [5.41, 5.74) is 7.66. The van der Waals surface area contributed by atoms with Crippen LogP contribution in [0.2, 0.25) is 0 Å². The zero-order chi connectivity index (χ0) is 16.1. The molecule has 0 radical (unpaired) electrons. The molecule has 0 atom stereocenters. The second-order valence-corrected chi connectivity index (χ2v) is 5.93. The number of hydrogen-bond acceptors (Lipinski definition) is 3. The summed E-state index contributed by atoms with van der Waals surface area (Å²) in [6.07, 6.45) is 1.77. The van der Waals surface area contributed by atoms with Crippen molar-refractivity contribution in [1.82, 2.24) is 4.90 Å². The van der Waals surface area contributed by atoms with Gasteiger partial charge in [-0.25, -0.2) is 0 Å². The third-order valence-corrected chi connectivity index (χ3v) is 4.18. The summed E-state index contributed by atoms with van der Waals surface area (Å²) < 4.78 is 5.71. The molecule has 1 saturated heterocycles. The first-order valence-electron chi connectivity index (χ1n) is 8.04. The Kier molecular flexibility index (Phi) is 4.93. The minimum Gasteiger partial charge on any atom is -0.489 e. The van der Waals surface area contributed by atoms with E-state index in [-0.39, 0.29) is 11.9 Å². The molecule has 23 heavy (non-hydrogen) atoms. The zero-order valence-electron chi connectivity index (χ0n) is 13.2. The van der Waals surface area contributed by atoms with Crippen LogP contribution in [0.4, 0.5) is 0 Å². The van der Waals surface area contributed by atoms with Gasteiger partial charge in [0, 0.05) is 24.7 Å². The van der Waals surface area contributed by atoms with E-state index in [0.717, 1.165) is 42.8 Å². The van der Waals surface area contributed by atoms with Crippen molar-refractivity contribution in [1.29, 1.82) is 0 Å². The first-order valence-corrected chi connectivity index (χ1v) is 8.04. The van der Waals surface area contributed by atoms with Crippen LogP contribution < -0.4 is 10.5 Å². The van der Waals surface area contributed by atoms with Crippen molar-refractivity contribution in [2.45, 2.75) is 25.5 Å². The first-order chi connectivity index (χ1) is 11.2. The van der Waals surface area contributed by atoms with Crippen LogP contribution in [-0.4, -0.2) is 29.9 Å². The molecular weight excluding hydrogens is 288 g/mol. The lowest BCUT2D eigenvalue weighted by atomic mass is 10.0. The number of ether oxygens (including phenoxy) is 1. The van der Waals surface area contributed by atoms with Crippen molar-refractivity contribution in [3.05, 3.63) is 65.7 Å². The number of amides is 1. The Bertz CT molecular complexity index is 632. The van der Waals surface area contributed by atoms with Crippen LogP contribution in [0.15, 0.2) is 54.6 Å². The smallest absolute Gasteiger partial charge is 0.253 e. The lowest BCUT2D eigenvalue weighted by molar-refractivity contribution is 0.0714. The van der Waals surface area contributed by atoms with Crippen molar-refractivity contribution in [3.63, 3.8) is 0 Å². The third-order valence-electron chi connectivity index (χ3n) is 4.18. The summed E-state index contributed by atoms with van der Waals surface area (Å²) in [6, 6.07) is 17.6. The average molecular weight is 310 g/mol. The lowest BCUT2D eigenvalue weighted by Gasteiger charge is -2.30. The monoisotopic (exact) mass is 310 g/mol. The molecule has 4 heteroatoms. The number of nitrogens with two attached hydrogens (primary N) is 1. The minimum atomic E-state index is 0.0902. The maximum absolute atomic E-state index is 12.5. The predicted octanol–water partition coefficient (Wildman–Crippen LogP) is 2.83. The van der Waals surface area contributed by atoms with E-state index in [4.69, 9.17) is 10.5 Å². The van der Waals surface area contributed by atoms with Crippen LogP contribution in [0, 0.1) is 0 Å². The fourth-order valence-electron chi connectivity index (χ4n) is 2.71. The van der Waals surface area contributed by atoms with Crippen LogP contribution in [-0.2, 0) is 6.61 Å². The Morgan fingerprint density at radius 3 is 2.35 bits per heavy atom. The summed E-state index contributed by atoms with van der Waals surface area (Å²) in [6.45, 7) is 1.99. The number of rotatable bonds is 4. The molecule has 2 aromatic rings. The Hall–Kier alpha value is -2.33. The molecule has 1 amide bonds. The van der Waals surface area contributed by atoms with Crippen molar-refractivity contribution >= 4 is 5.91 Å². The van der Waals surface area contributed by atoms with Crippen molar-refractivity contribution in [2.24, 2.45) is 5.73 Å². The Morgan fingerprint density at radius 2 is 1.70 bits per heavy atom. The second kappa shape index (κ2) is 7.29. The van der Waals surface area contributed by atoms with Gasteiger partial charge in [-0.3, -0.25) is 4.79 Å². The second-order valence-electron chi connectivity index (χ2n) is 5.93. The molecule has 1 fully saturated rings. The summed E-state index contributed by atoms with van der Waals surface area (Å²) in [4.78, 5) is 14.3. The molecule has 1 heterocycles. The van der Waals surface area contributed by atoms with Gasteiger partial charge in [0.1, 0.15) is 12.4 Å². The fraction of sp³-hybridized carbons (Fsp3) is 0.316. The molecule has 1 aliphatic heterocycles. The number of piperidine rings is 1. The number of likely N-dealkylation sites (tertiary alicyclic amines) is 1. The SMILES string of the molecule is NC1CCN(C(=O)c2ccc(COc3ccccc3)cc2)CC1. The van der Waals surface area contributed by atoms with Gasteiger partial charge in [-0.2, -0.15) is 0 Å². The summed E-state index contributed by atoms with van der Waals surface area (Å²) in [5, 5.41) is 0. The molecule has 0 bridgehead atoms. The minimum absolute atomic E-state index is 0.0902. The Labute approximate surface area is 136 Å².